The largest absolute Gasteiger partial charge is 0.631 e. The zero-order chi connectivity index (χ0) is 44.6. The lowest BCUT2D eigenvalue weighted by atomic mass is 10.1. The Bertz CT molecular complexity index is 1460. The highest BCUT2D eigenvalue weighted by Crippen LogP contribution is 2.04. The average molecular weight is 824 g/mol. The van der Waals surface area contributed by atoms with E-state index in [2.05, 4.69) is 11.9 Å². The van der Waals surface area contributed by atoms with Crippen molar-refractivity contribution in [3.05, 3.63) is 144 Å². The van der Waals surface area contributed by atoms with E-state index in [1.165, 1.54) is 0 Å². The minimum atomic E-state index is -2.17. The number of carbonyl (C=O) groups is 4. The second-order valence-corrected chi connectivity index (χ2v) is 12.8. The number of ether oxygens (including phenoxy) is 1. The summed E-state index contributed by atoms with van der Waals surface area (Å²) in [6, 6.07) is 34.2. The van der Waals surface area contributed by atoms with Crippen LogP contribution in [0.4, 0.5) is 0 Å². The molecule has 0 aliphatic carbocycles. The SMILES string of the molecule is CN1CCOCC1.N[C@@H](Cc1ccccc1)C(=O)O.N[C@@H](Cc1ccccc1)C(=O)O.N[C@@H](Cc1ccccc1)C(=O)O.N[C@@H](Cc1ccccc1)C(=O)O.OB(O)O. The third kappa shape index (κ3) is 30.2. The zero-order valence-corrected chi connectivity index (χ0v) is 33.0. The quantitative estimate of drug-likeness (QED) is 0.0865. The molecule has 1 saturated heterocycles. The molecule has 0 spiro atoms. The van der Waals surface area contributed by atoms with Gasteiger partial charge in [-0.3, -0.25) is 19.2 Å². The van der Waals surface area contributed by atoms with E-state index >= 15 is 0 Å². The van der Waals surface area contributed by atoms with Gasteiger partial charge in [-0.2, -0.15) is 0 Å². The number of rotatable bonds is 12. The van der Waals surface area contributed by atoms with Gasteiger partial charge in [-0.25, -0.2) is 0 Å². The first-order valence-electron chi connectivity index (χ1n) is 18.3. The standard InChI is InChI=1S/4C9H11NO2.C5H11NO.BH3O3/c4*10-8(9(11)12)6-7-4-2-1-3-5-7;1-6-2-4-7-5-3-6;2-1(3)4/h4*1-5,8H,6,10H2,(H,11,12);2-5H2,1H3;2-4H/t4*8-;;/m0000../s1. The predicted molar refractivity (Wildman–Crippen MR) is 224 cm³/mol. The Balaban J connectivity index is 0.000000702. The Kier molecular flexibility index (Phi) is 29.4. The van der Waals surface area contributed by atoms with Gasteiger partial charge in [0.05, 0.1) is 13.2 Å². The van der Waals surface area contributed by atoms with E-state index in [1.807, 2.05) is 121 Å². The predicted octanol–water partition coefficient (Wildman–Crippen LogP) is 0.461. The van der Waals surface area contributed by atoms with Crippen molar-refractivity contribution >= 4 is 31.2 Å². The Morgan fingerprint density at radius 2 is 0.678 bits per heavy atom. The molecule has 0 radical (unpaired) electrons. The molecule has 0 amide bonds. The lowest BCUT2D eigenvalue weighted by molar-refractivity contribution is -0.139. The van der Waals surface area contributed by atoms with Gasteiger partial charge < -0.3 is 68.1 Å². The molecule has 0 saturated carbocycles. The van der Waals surface area contributed by atoms with E-state index < -0.39 is 55.4 Å². The van der Waals surface area contributed by atoms with Crippen molar-refractivity contribution < 1.29 is 59.4 Å². The smallest absolute Gasteiger partial charge is 0.480 e. The fourth-order valence-electron chi connectivity index (χ4n) is 4.48. The monoisotopic (exact) mass is 823 g/mol. The van der Waals surface area contributed by atoms with Gasteiger partial charge in [0.1, 0.15) is 24.2 Å². The number of hydrogen-bond acceptors (Lipinski definition) is 13. The summed E-state index contributed by atoms with van der Waals surface area (Å²) in [5.74, 6) is -3.84. The second kappa shape index (κ2) is 32.4. The number of morpholine rings is 1. The Morgan fingerprint density at radius 1 is 0.492 bits per heavy atom. The van der Waals surface area contributed by atoms with Gasteiger partial charge in [0.15, 0.2) is 0 Å². The van der Waals surface area contributed by atoms with Crippen LogP contribution in [0.15, 0.2) is 121 Å². The highest BCUT2D eigenvalue weighted by atomic mass is 16.5. The second-order valence-electron chi connectivity index (χ2n) is 12.8. The first kappa shape index (κ1) is 53.5. The minimum absolute atomic E-state index is 0.385. The molecule has 18 heteroatoms. The number of benzene rings is 4. The lowest BCUT2D eigenvalue weighted by Gasteiger charge is -2.21. The molecule has 0 bridgehead atoms. The van der Waals surface area contributed by atoms with Crippen LogP contribution in [0.3, 0.4) is 0 Å². The van der Waals surface area contributed by atoms with Gasteiger partial charge in [0.2, 0.25) is 0 Å². The normalized spacial score (nSPS) is 13.6. The maximum Gasteiger partial charge on any atom is 0.631 e. The third-order valence-electron chi connectivity index (χ3n) is 7.70. The summed E-state index contributed by atoms with van der Waals surface area (Å²) in [4.78, 5) is 43.8. The highest BCUT2D eigenvalue weighted by Gasteiger charge is 2.13. The molecule has 1 heterocycles. The average Bonchev–Trinajstić information content (AvgIpc) is 3.20. The molecule has 5 rings (SSSR count). The van der Waals surface area contributed by atoms with Crippen LogP contribution in [0.1, 0.15) is 22.3 Å². The van der Waals surface area contributed by atoms with Crippen molar-refractivity contribution in [2.24, 2.45) is 22.9 Å². The number of aliphatic carboxylic acids is 4. The Morgan fingerprint density at radius 3 is 0.814 bits per heavy atom. The van der Waals surface area contributed by atoms with Gasteiger partial charge >= 0.3 is 31.2 Å². The molecule has 1 aliphatic rings. The van der Waals surface area contributed by atoms with Crippen LogP contribution in [0.2, 0.25) is 0 Å². The number of carboxylic acid groups (broad SMARTS) is 4. The number of nitrogens with zero attached hydrogens (tertiary/aromatic N) is 1. The van der Waals surface area contributed by atoms with Crippen LogP contribution < -0.4 is 22.9 Å². The van der Waals surface area contributed by atoms with Crippen LogP contribution in [-0.4, -0.2) is 129 Å². The first-order valence-corrected chi connectivity index (χ1v) is 18.3. The number of carboxylic acids is 4. The Hall–Kier alpha value is -5.54. The summed E-state index contributed by atoms with van der Waals surface area (Å²) < 4.78 is 5.10. The summed E-state index contributed by atoms with van der Waals surface area (Å²) in [5, 5.41) is 55.6. The van der Waals surface area contributed by atoms with Crippen molar-refractivity contribution in [2.45, 2.75) is 49.9 Å². The highest BCUT2D eigenvalue weighted by molar-refractivity contribution is 6.30. The topological polar surface area (TPSA) is 326 Å². The molecular formula is C41H58BN5O12. The van der Waals surface area contributed by atoms with E-state index in [4.69, 9.17) is 63.2 Å². The molecular weight excluding hydrogens is 765 g/mol. The summed E-state index contributed by atoms with van der Waals surface area (Å²) in [5.41, 5.74) is 25.2. The summed E-state index contributed by atoms with van der Waals surface area (Å²) >= 11 is 0. The molecule has 0 aromatic heterocycles. The molecule has 4 aromatic rings. The summed E-state index contributed by atoms with van der Waals surface area (Å²) in [6.07, 6.45) is 1.54. The molecule has 322 valence electrons. The zero-order valence-electron chi connectivity index (χ0n) is 33.0. The van der Waals surface area contributed by atoms with Gasteiger partial charge in [-0.05, 0) is 55.0 Å². The van der Waals surface area contributed by atoms with Gasteiger partial charge in [-0.15, -0.1) is 0 Å². The molecule has 0 unspecified atom stereocenters. The van der Waals surface area contributed by atoms with E-state index in [1.54, 1.807) is 0 Å². The Labute approximate surface area is 344 Å². The molecule has 4 aromatic carbocycles. The van der Waals surface area contributed by atoms with Crippen molar-refractivity contribution in [1.82, 2.24) is 4.90 Å². The fourth-order valence-corrected chi connectivity index (χ4v) is 4.48. The van der Waals surface area contributed by atoms with E-state index in [-0.39, 0.29) is 0 Å². The van der Waals surface area contributed by atoms with Crippen molar-refractivity contribution in [1.29, 1.82) is 0 Å². The van der Waals surface area contributed by atoms with Gasteiger partial charge in [-0.1, -0.05) is 121 Å². The maximum atomic E-state index is 10.4. The molecule has 59 heavy (non-hydrogen) atoms. The van der Waals surface area contributed by atoms with Crippen LogP contribution in [0.25, 0.3) is 0 Å². The lowest BCUT2D eigenvalue weighted by Crippen LogP contribution is -2.32. The molecule has 4 atom stereocenters. The van der Waals surface area contributed by atoms with Crippen LogP contribution in [-0.2, 0) is 49.6 Å². The van der Waals surface area contributed by atoms with Crippen LogP contribution in [0, 0.1) is 0 Å². The first-order chi connectivity index (χ1) is 27.9. The number of nitrogens with two attached hydrogens (primary N) is 4. The molecule has 15 N–H and O–H groups in total. The number of likely N-dealkylation sites (N-methyl/N-ethyl adjacent to an activating group) is 1. The van der Waals surface area contributed by atoms with Gasteiger partial charge in [0.25, 0.3) is 0 Å². The van der Waals surface area contributed by atoms with Crippen LogP contribution >= 0.6 is 0 Å². The fraction of sp³-hybridized carbons (Fsp3) is 0.317. The molecule has 1 fully saturated rings. The van der Waals surface area contributed by atoms with E-state index in [9.17, 15) is 19.2 Å². The van der Waals surface area contributed by atoms with Crippen molar-refractivity contribution in [3.8, 4) is 0 Å². The van der Waals surface area contributed by atoms with Crippen molar-refractivity contribution in [3.63, 3.8) is 0 Å². The number of hydrogen-bond donors (Lipinski definition) is 11. The summed E-state index contributed by atoms with van der Waals surface area (Å²) in [6.45, 7) is 4.02. The molecule has 1 aliphatic heterocycles. The van der Waals surface area contributed by atoms with Crippen molar-refractivity contribution in [2.75, 3.05) is 33.4 Å². The minimum Gasteiger partial charge on any atom is -0.480 e. The van der Waals surface area contributed by atoms with E-state index in [0.717, 1.165) is 48.6 Å². The molecule has 17 nitrogen and oxygen atoms in total. The van der Waals surface area contributed by atoms with Crippen LogP contribution in [0.5, 0.6) is 0 Å². The van der Waals surface area contributed by atoms with E-state index in [0.29, 0.717) is 25.7 Å². The van der Waals surface area contributed by atoms with Gasteiger partial charge in [0, 0.05) is 13.1 Å². The summed E-state index contributed by atoms with van der Waals surface area (Å²) in [7, 11) is -0.0531. The maximum absolute atomic E-state index is 10.4. The third-order valence-corrected chi connectivity index (χ3v) is 7.70.